The minimum atomic E-state index is -0.283. The molecule has 0 aliphatic carbocycles. The lowest BCUT2D eigenvalue weighted by atomic mass is 10.1. The van der Waals surface area contributed by atoms with Gasteiger partial charge in [-0.25, -0.2) is 5.43 Å². The van der Waals surface area contributed by atoms with Gasteiger partial charge in [0.05, 0.1) is 0 Å². The molecule has 104 valence electrons. The van der Waals surface area contributed by atoms with Crippen LogP contribution in [0.25, 0.3) is 0 Å². The first-order chi connectivity index (χ1) is 8.90. The monoisotopic (exact) mass is 282 g/mol. The molecule has 0 unspecified atom stereocenters. The molecule has 0 aromatic heterocycles. The fourth-order valence-corrected chi connectivity index (χ4v) is 1.46. The van der Waals surface area contributed by atoms with E-state index in [2.05, 4.69) is 10.5 Å². The van der Waals surface area contributed by atoms with Crippen molar-refractivity contribution in [2.75, 3.05) is 6.61 Å². The number of carbonyl (C=O) groups is 1. The van der Waals surface area contributed by atoms with E-state index in [0.717, 1.165) is 11.3 Å². The predicted octanol–water partition coefficient (Wildman–Crippen LogP) is 3.18. The number of nitrogens with one attached hydrogen (secondary N) is 1. The van der Waals surface area contributed by atoms with Crippen LogP contribution < -0.4 is 10.2 Å². The summed E-state index contributed by atoms with van der Waals surface area (Å²) in [6.07, 6.45) is 0. The van der Waals surface area contributed by atoms with Crippen LogP contribution in [0.4, 0.5) is 0 Å². The summed E-state index contributed by atoms with van der Waals surface area (Å²) in [7, 11) is 0. The van der Waals surface area contributed by atoms with Crippen molar-refractivity contribution in [2.45, 2.75) is 27.7 Å². The zero-order valence-electron chi connectivity index (χ0n) is 11.7. The van der Waals surface area contributed by atoms with Gasteiger partial charge >= 0.3 is 0 Å². The van der Waals surface area contributed by atoms with Gasteiger partial charge in [0.2, 0.25) is 0 Å². The minimum Gasteiger partial charge on any atom is -0.483 e. The van der Waals surface area contributed by atoms with Crippen LogP contribution in [0, 0.1) is 12.8 Å². The van der Waals surface area contributed by atoms with Crippen LogP contribution >= 0.6 is 11.6 Å². The number of amides is 1. The summed E-state index contributed by atoms with van der Waals surface area (Å²) >= 11 is 5.84. The number of carbonyl (C=O) groups excluding carboxylic acids is 1. The molecule has 0 saturated carbocycles. The zero-order chi connectivity index (χ0) is 14.4. The number of benzene rings is 1. The lowest BCUT2D eigenvalue weighted by Gasteiger charge is -2.09. The summed E-state index contributed by atoms with van der Waals surface area (Å²) in [6, 6.07) is 5.26. The molecule has 0 heterocycles. The van der Waals surface area contributed by atoms with Crippen molar-refractivity contribution in [2.24, 2.45) is 11.0 Å². The predicted molar refractivity (Wildman–Crippen MR) is 77.8 cm³/mol. The van der Waals surface area contributed by atoms with Gasteiger partial charge in [-0.05, 0) is 43.5 Å². The maximum Gasteiger partial charge on any atom is 0.277 e. The standard InChI is InChI=1S/C14H19ClN2O2/c1-9(2)11(4)16-17-14(18)8-19-13-6-5-12(15)7-10(13)3/h5-7,9H,8H2,1-4H3,(H,17,18)/b16-11+. The molecule has 1 aromatic rings. The van der Waals surface area contributed by atoms with Crippen LogP contribution in [-0.2, 0) is 4.79 Å². The topological polar surface area (TPSA) is 50.7 Å². The van der Waals surface area contributed by atoms with Crippen molar-refractivity contribution in [3.8, 4) is 5.75 Å². The van der Waals surface area contributed by atoms with Crippen LogP contribution in [0.15, 0.2) is 23.3 Å². The van der Waals surface area contributed by atoms with Crippen LogP contribution in [-0.4, -0.2) is 18.2 Å². The summed E-state index contributed by atoms with van der Waals surface area (Å²) in [5, 5.41) is 4.63. The van der Waals surface area contributed by atoms with Gasteiger partial charge in [-0.15, -0.1) is 0 Å². The largest absolute Gasteiger partial charge is 0.483 e. The molecule has 1 aromatic carbocycles. The van der Waals surface area contributed by atoms with E-state index in [-0.39, 0.29) is 12.5 Å². The van der Waals surface area contributed by atoms with E-state index in [9.17, 15) is 4.79 Å². The van der Waals surface area contributed by atoms with E-state index in [1.165, 1.54) is 0 Å². The fourth-order valence-electron chi connectivity index (χ4n) is 1.23. The quantitative estimate of drug-likeness (QED) is 0.666. The first kappa shape index (κ1) is 15.5. The highest BCUT2D eigenvalue weighted by Gasteiger charge is 2.05. The van der Waals surface area contributed by atoms with E-state index in [4.69, 9.17) is 16.3 Å². The second-order valence-corrected chi connectivity index (χ2v) is 5.08. The fraction of sp³-hybridized carbons (Fsp3) is 0.429. The maximum absolute atomic E-state index is 11.6. The normalized spacial score (nSPS) is 11.6. The summed E-state index contributed by atoms with van der Waals surface area (Å²) in [4.78, 5) is 11.6. The van der Waals surface area contributed by atoms with Gasteiger partial charge in [-0.3, -0.25) is 4.79 Å². The number of ether oxygens (including phenoxy) is 1. The molecule has 0 aliphatic heterocycles. The highest BCUT2D eigenvalue weighted by Crippen LogP contribution is 2.21. The SMILES string of the molecule is C/C(=N\NC(=O)COc1ccc(Cl)cc1C)C(C)C. The van der Waals surface area contributed by atoms with Crippen LogP contribution in [0.3, 0.4) is 0 Å². The van der Waals surface area contributed by atoms with Gasteiger partial charge in [-0.2, -0.15) is 5.10 Å². The number of nitrogens with zero attached hydrogens (tertiary/aromatic N) is 1. The number of hydrazone groups is 1. The second kappa shape index (κ2) is 7.14. The van der Waals surface area contributed by atoms with E-state index in [1.54, 1.807) is 18.2 Å². The van der Waals surface area contributed by atoms with Crippen molar-refractivity contribution < 1.29 is 9.53 Å². The third kappa shape index (κ3) is 5.30. The van der Waals surface area contributed by atoms with Gasteiger partial charge in [0, 0.05) is 10.7 Å². The molecule has 19 heavy (non-hydrogen) atoms. The molecular formula is C14H19ClN2O2. The van der Waals surface area contributed by atoms with Crippen LogP contribution in [0.2, 0.25) is 5.02 Å². The van der Waals surface area contributed by atoms with E-state index in [0.29, 0.717) is 16.7 Å². The first-order valence-electron chi connectivity index (χ1n) is 6.12. The Morgan fingerprint density at radius 2 is 2.16 bits per heavy atom. The number of hydrogen-bond acceptors (Lipinski definition) is 3. The summed E-state index contributed by atoms with van der Waals surface area (Å²) < 4.78 is 5.41. The van der Waals surface area contributed by atoms with Gasteiger partial charge in [0.25, 0.3) is 5.91 Å². The molecule has 0 atom stereocenters. The van der Waals surface area contributed by atoms with Gasteiger partial charge in [-0.1, -0.05) is 25.4 Å². The molecule has 4 nitrogen and oxygen atoms in total. The van der Waals surface area contributed by atoms with Crippen molar-refractivity contribution in [1.29, 1.82) is 0 Å². The molecule has 1 rings (SSSR count). The Labute approximate surface area is 118 Å². The van der Waals surface area contributed by atoms with Crippen molar-refractivity contribution in [1.82, 2.24) is 5.43 Å². The molecule has 0 radical (unpaired) electrons. The Balaban J connectivity index is 2.48. The third-order valence-corrected chi connectivity index (χ3v) is 2.92. The lowest BCUT2D eigenvalue weighted by Crippen LogP contribution is -2.26. The summed E-state index contributed by atoms with van der Waals surface area (Å²) in [5.41, 5.74) is 4.23. The molecule has 0 fully saturated rings. The smallest absolute Gasteiger partial charge is 0.277 e. The first-order valence-corrected chi connectivity index (χ1v) is 6.50. The Morgan fingerprint density at radius 3 is 2.74 bits per heavy atom. The van der Waals surface area contributed by atoms with Crippen LogP contribution in [0.1, 0.15) is 26.3 Å². The molecule has 0 spiro atoms. The highest BCUT2D eigenvalue weighted by atomic mass is 35.5. The Hall–Kier alpha value is -1.55. The van der Waals surface area contributed by atoms with Crippen molar-refractivity contribution in [3.05, 3.63) is 28.8 Å². The number of aryl methyl sites for hydroxylation is 1. The maximum atomic E-state index is 11.6. The van der Waals surface area contributed by atoms with Crippen LogP contribution in [0.5, 0.6) is 5.75 Å². The minimum absolute atomic E-state index is 0.0721. The Kier molecular flexibility index (Phi) is 5.83. The zero-order valence-corrected chi connectivity index (χ0v) is 12.4. The lowest BCUT2D eigenvalue weighted by molar-refractivity contribution is -0.123. The molecule has 0 bridgehead atoms. The Morgan fingerprint density at radius 1 is 1.47 bits per heavy atom. The molecular weight excluding hydrogens is 264 g/mol. The van der Waals surface area contributed by atoms with Gasteiger partial charge in [0.15, 0.2) is 6.61 Å². The van der Waals surface area contributed by atoms with Crippen molar-refractivity contribution in [3.63, 3.8) is 0 Å². The number of hydrogen-bond donors (Lipinski definition) is 1. The highest BCUT2D eigenvalue weighted by molar-refractivity contribution is 6.30. The van der Waals surface area contributed by atoms with E-state index >= 15 is 0 Å². The molecule has 1 amide bonds. The van der Waals surface area contributed by atoms with E-state index < -0.39 is 0 Å². The molecule has 0 aliphatic rings. The second-order valence-electron chi connectivity index (χ2n) is 4.64. The van der Waals surface area contributed by atoms with Gasteiger partial charge < -0.3 is 4.74 Å². The number of halogens is 1. The third-order valence-electron chi connectivity index (χ3n) is 2.69. The van der Waals surface area contributed by atoms with Crippen molar-refractivity contribution >= 4 is 23.2 Å². The van der Waals surface area contributed by atoms with E-state index in [1.807, 2.05) is 27.7 Å². The summed E-state index contributed by atoms with van der Waals surface area (Å²) in [5.74, 6) is 0.665. The summed E-state index contributed by atoms with van der Waals surface area (Å²) in [6.45, 7) is 7.70. The Bertz CT molecular complexity index is 484. The molecule has 1 N–H and O–H groups in total. The molecule has 0 saturated heterocycles. The average Bonchev–Trinajstić information content (AvgIpc) is 2.34. The average molecular weight is 283 g/mol. The van der Waals surface area contributed by atoms with Gasteiger partial charge in [0.1, 0.15) is 5.75 Å². The molecule has 5 heteroatoms. The number of rotatable bonds is 5.